The maximum Gasteiger partial charge on any atom is 0.397 e. The molecule has 15 nitrogen and oxygen atoms in total. The Kier molecular flexibility index (Phi) is 24.4. The summed E-state index contributed by atoms with van der Waals surface area (Å²) in [6.45, 7) is 11.5. The number of aliphatic hydroxyl groups excluding tert-OH is 1. The standard InChI is InChI=1S/C23H23ClN2O4.C18H17ClN2O.C5H7ClO3.C3H8O.C2Cl2O2.ClH/c1-13(2)30-23(28)22(27)26-11-10-17-18-12-15(24)6-9-19(18)25-20(17)21(26)14-4-7-16(29-3)8-5-14;1-22-13-5-2-11(3-6-13)17-18-14(8-9-20-17)15-10-12(19)4-7-16(15)21-18;1-3(2)9-5(8)4(6)7;1-3(2)4;3-1(5)2(4)6;/h4-9,12-13,21,25H,10-11H2,1-3H3;2-7,10,17,20-21H,8-9H2,1H3;3H,1-2H3;3-4H,1-2H3;;1H. The lowest BCUT2D eigenvalue weighted by atomic mass is 9.92. The van der Waals surface area contributed by atoms with Crippen LogP contribution in [0.5, 0.6) is 11.5 Å². The minimum absolute atomic E-state index is 0. The summed E-state index contributed by atoms with van der Waals surface area (Å²) in [4.78, 5) is 73.1. The van der Waals surface area contributed by atoms with Crippen molar-refractivity contribution in [2.75, 3.05) is 27.3 Å². The lowest BCUT2D eigenvalue weighted by Gasteiger charge is -2.35. The number of hydrogen-bond acceptors (Lipinski definition) is 12. The number of amides is 1. The van der Waals surface area contributed by atoms with Crippen LogP contribution in [0.2, 0.25) is 10.0 Å². The predicted molar refractivity (Wildman–Crippen MR) is 283 cm³/mol. The van der Waals surface area contributed by atoms with Crippen LogP contribution in [0.3, 0.4) is 0 Å². The maximum absolute atomic E-state index is 13.0. The van der Waals surface area contributed by atoms with E-state index in [9.17, 15) is 28.8 Å². The highest BCUT2D eigenvalue weighted by Gasteiger charge is 2.38. The van der Waals surface area contributed by atoms with Crippen LogP contribution in [0.25, 0.3) is 21.8 Å². The number of benzene rings is 4. The van der Waals surface area contributed by atoms with E-state index in [1.807, 2.05) is 60.7 Å². The number of aromatic amines is 2. The zero-order chi connectivity index (χ0) is 52.7. The van der Waals surface area contributed by atoms with Gasteiger partial charge >= 0.3 is 33.6 Å². The SMILES string of the molecule is CC(C)O.CC(C)OC(=O)C(=O)Cl.COc1ccc(C2NCCc3c2[nH]c2ccc(Cl)cc32)cc1.COc1ccc(C2c3[nH]c4ccc(Cl)cc4c3CCN2C(=O)C(=O)OC(C)C)cc1.Cl.O=C(Cl)C(=O)Cl. The van der Waals surface area contributed by atoms with Gasteiger partial charge in [0.2, 0.25) is 0 Å². The van der Waals surface area contributed by atoms with Gasteiger partial charge in [-0.25, -0.2) is 9.59 Å². The Morgan fingerprint density at radius 3 is 1.46 bits per heavy atom. The predicted octanol–water partition coefficient (Wildman–Crippen LogP) is 10.4. The summed E-state index contributed by atoms with van der Waals surface area (Å²) < 4.78 is 20.1. The average Bonchev–Trinajstić information content (AvgIpc) is 3.88. The van der Waals surface area contributed by atoms with Crippen molar-refractivity contribution < 1.29 is 52.8 Å². The summed E-state index contributed by atoms with van der Waals surface area (Å²) >= 11 is 26.1. The average molecular weight is 1110 g/mol. The normalized spacial score (nSPS) is 14.3. The second kappa shape index (κ2) is 28.8. The van der Waals surface area contributed by atoms with Crippen LogP contribution in [-0.2, 0) is 51.1 Å². The number of esters is 2. The number of aliphatic hydroxyl groups is 1. The van der Waals surface area contributed by atoms with Gasteiger partial charge in [0.05, 0.1) is 38.5 Å². The quantitative estimate of drug-likeness (QED) is 0.0638. The third kappa shape index (κ3) is 17.1. The Morgan fingerprint density at radius 2 is 1.04 bits per heavy atom. The van der Waals surface area contributed by atoms with Crippen LogP contribution >= 0.6 is 70.4 Å². The molecule has 0 spiro atoms. The molecule has 2 aromatic heterocycles. The van der Waals surface area contributed by atoms with E-state index >= 15 is 0 Å². The molecule has 2 aliphatic heterocycles. The third-order valence-corrected chi connectivity index (χ3v) is 11.4. The van der Waals surface area contributed by atoms with Gasteiger partial charge < -0.3 is 44.2 Å². The number of rotatable bonds is 8. The number of methoxy groups -OCH3 is 2. The van der Waals surface area contributed by atoms with Crippen LogP contribution < -0.4 is 14.8 Å². The molecule has 21 heteroatoms. The number of nitrogens with zero attached hydrogens (tertiary/aromatic N) is 1. The number of carbonyl (C=O) groups is 6. The van der Waals surface area contributed by atoms with Gasteiger partial charge in [0, 0.05) is 62.4 Å². The van der Waals surface area contributed by atoms with Crippen molar-refractivity contribution >= 4 is 126 Å². The Balaban J connectivity index is 0.000000284. The van der Waals surface area contributed by atoms with Gasteiger partial charge in [0.15, 0.2) is 0 Å². The van der Waals surface area contributed by atoms with E-state index in [-0.39, 0.29) is 36.8 Å². The van der Waals surface area contributed by atoms with Gasteiger partial charge in [-0.1, -0.05) is 47.5 Å². The van der Waals surface area contributed by atoms with Crippen molar-refractivity contribution in [1.82, 2.24) is 20.2 Å². The monoisotopic (exact) mass is 1110 g/mol. The molecule has 0 saturated heterocycles. The molecule has 4 N–H and O–H groups in total. The van der Waals surface area contributed by atoms with E-state index in [2.05, 4.69) is 67.5 Å². The van der Waals surface area contributed by atoms with Crippen LogP contribution in [0, 0.1) is 0 Å². The zero-order valence-corrected chi connectivity index (χ0v) is 45.2. The summed E-state index contributed by atoms with van der Waals surface area (Å²) in [5, 5.41) is 12.0. The fourth-order valence-corrected chi connectivity index (χ4v) is 7.92. The van der Waals surface area contributed by atoms with Crippen LogP contribution in [-0.4, -0.2) is 99.2 Å². The van der Waals surface area contributed by atoms with E-state index in [1.165, 1.54) is 22.2 Å². The molecule has 4 heterocycles. The molecule has 0 bridgehead atoms. The Morgan fingerprint density at radius 1 is 0.611 bits per heavy atom. The lowest BCUT2D eigenvalue weighted by Crippen LogP contribution is -2.45. The molecule has 0 fully saturated rings. The molecule has 6 aromatic rings. The zero-order valence-electron chi connectivity index (χ0n) is 40.6. The smallest absolute Gasteiger partial charge is 0.397 e. The molecule has 1 amide bonds. The first-order valence-electron chi connectivity index (χ1n) is 22.2. The molecule has 0 saturated carbocycles. The molecule has 2 unspecified atom stereocenters. The first-order chi connectivity index (χ1) is 33.6. The second-order valence-electron chi connectivity index (χ2n) is 16.6. The number of hydrogen-bond donors (Lipinski definition) is 4. The number of carbonyl (C=O) groups excluding carboxylic acids is 6. The summed E-state index contributed by atoms with van der Waals surface area (Å²) in [6.07, 6.45) is 0.808. The van der Waals surface area contributed by atoms with Crippen LogP contribution in [0.15, 0.2) is 84.9 Å². The maximum atomic E-state index is 13.0. The number of aromatic nitrogens is 2. The van der Waals surface area contributed by atoms with E-state index in [0.717, 1.165) is 62.7 Å². The molecule has 2 aliphatic rings. The highest BCUT2D eigenvalue weighted by Crippen LogP contribution is 2.40. The van der Waals surface area contributed by atoms with Crippen LogP contribution in [0.4, 0.5) is 0 Å². The number of ether oxygens (including phenoxy) is 4. The molecule has 2 atom stereocenters. The summed E-state index contributed by atoms with van der Waals surface area (Å²) in [5.41, 5.74) is 8.81. The van der Waals surface area contributed by atoms with Crippen molar-refractivity contribution in [2.45, 2.75) is 84.8 Å². The molecule has 8 rings (SSSR count). The van der Waals surface area contributed by atoms with Crippen molar-refractivity contribution in [1.29, 1.82) is 0 Å². The molecular weight excluding hydrogens is 1060 g/mol. The Labute approximate surface area is 448 Å². The second-order valence-corrected chi connectivity index (χ2v) is 18.5. The highest BCUT2D eigenvalue weighted by atomic mass is 35.5. The summed E-state index contributed by atoms with van der Waals surface area (Å²) in [5.74, 6) is -0.886. The molecule has 388 valence electrons. The first-order valence-corrected chi connectivity index (χ1v) is 24.1. The molecule has 4 aromatic carbocycles. The number of H-pyrrole nitrogens is 2. The summed E-state index contributed by atoms with van der Waals surface area (Å²) in [6, 6.07) is 27.2. The molecule has 0 radical (unpaired) electrons. The first kappa shape index (κ1) is 60.9. The minimum Gasteiger partial charge on any atom is -0.497 e. The number of nitrogens with one attached hydrogen (secondary N) is 3. The van der Waals surface area contributed by atoms with Crippen LogP contribution in [0.1, 0.15) is 87.3 Å². The lowest BCUT2D eigenvalue weighted by molar-refractivity contribution is -0.163. The van der Waals surface area contributed by atoms with Gasteiger partial charge in [-0.15, -0.1) is 12.4 Å². The van der Waals surface area contributed by atoms with Crippen molar-refractivity contribution in [3.63, 3.8) is 0 Å². The number of fused-ring (bicyclic) bond motifs is 6. The van der Waals surface area contributed by atoms with Gasteiger partial charge in [-0.05, 0) is 172 Å². The number of halogens is 6. The van der Waals surface area contributed by atoms with Gasteiger partial charge in [-0.2, -0.15) is 0 Å². The van der Waals surface area contributed by atoms with Gasteiger partial charge in [0.25, 0.3) is 0 Å². The van der Waals surface area contributed by atoms with Crippen molar-refractivity contribution in [2.24, 2.45) is 0 Å². The van der Waals surface area contributed by atoms with Gasteiger partial charge in [-0.3, -0.25) is 19.2 Å². The highest BCUT2D eigenvalue weighted by molar-refractivity contribution is 6.97. The van der Waals surface area contributed by atoms with E-state index in [1.54, 1.807) is 60.7 Å². The Hall–Kier alpha value is -5.36. The van der Waals surface area contributed by atoms with Crippen molar-refractivity contribution in [3.8, 4) is 11.5 Å². The molecule has 0 aliphatic carbocycles. The van der Waals surface area contributed by atoms with Gasteiger partial charge in [0.1, 0.15) is 11.5 Å². The third-order valence-electron chi connectivity index (χ3n) is 10.3. The fraction of sp³-hybridized carbons (Fsp3) is 0.333. The largest absolute Gasteiger partial charge is 0.497 e. The van der Waals surface area contributed by atoms with E-state index in [4.69, 9.17) is 54.1 Å². The Bertz CT molecular complexity index is 2800. The summed E-state index contributed by atoms with van der Waals surface area (Å²) in [7, 11) is 3.29. The minimum atomic E-state index is -1.14. The van der Waals surface area contributed by atoms with E-state index in [0.29, 0.717) is 18.0 Å². The topological polar surface area (TPSA) is 206 Å². The van der Waals surface area contributed by atoms with E-state index < -0.39 is 39.6 Å². The molecule has 72 heavy (non-hydrogen) atoms. The van der Waals surface area contributed by atoms with Crippen molar-refractivity contribution in [3.05, 3.63) is 129 Å². The fourth-order valence-electron chi connectivity index (χ4n) is 7.54. The molecular formula is C51H56Cl6N4O11.